The van der Waals surface area contributed by atoms with Crippen molar-refractivity contribution in [2.75, 3.05) is 11.9 Å². The summed E-state index contributed by atoms with van der Waals surface area (Å²) < 4.78 is 0. The number of hydrogen-bond donors (Lipinski definition) is 0. The molecule has 110 valence electrons. The van der Waals surface area contributed by atoms with Crippen LogP contribution in [0.2, 0.25) is 0 Å². The standard InChI is InChI=1S/C12H12BrCl3N2O2/c1-8-6-11(18-19-4-2-12(15)16)9(14)7-10(8)17-20-5-3-13/h2,4,6-7,12H,3,5H2,1H3. The van der Waals surface area contributed by atoms with Crippen LogP contribution in [0.1, 0.15) is 6.92 Å². The molecule has 0 amide bonds. The van der Waals surface area contributed by atoms with Gasteiger partial charge < -0.3 is 9.68 Å². The molecule has 0 aliphatic heterocycles. The largest absolute Gasteiger partial charge is 0.394 e. The maximum Gasteiger partial charge on any atom is 0.129 e. The van der Waals surface area contributed by atoms with Gasteiger partial charge in [-0.2, -0.15) is 0 Å². The molecule has 0 saturated carbocycles. The number of allylic oxidation sites excluding steroid dienone is 5. The Kier molecular flexibility index (Phi) is 8.30. The Morgan fingerprint density at radius 2 is 2.05 bits per heavy atom. The Morgan fingerprint density at radius 1 is 1.30 bits per heavy atom. The molecule has 0 atom stereocenters. The number of nitrogens with zero attached hydrogens (tertiary/aromatic N) is 2. The van der Waals surface area contributed by atoms with E-state index in [0.717, 1.165) is 5.57 Å². The molecule has 0 bridgehead atoms. The van der Waals surface area contributed by atoms with Gasteiger partial charge in [0.15, 0.2) is 0 Å². The van der Waals surface area contributed by atoms with Gasteiger partial charge in [0, 0.05) is 5.33 Å². The van der Waals surface area contributed by atoms with E-state index >= 15 is 0 Å². The predicted octanol–water partition coefficient (Wildman–Crippen LogP) is 4.53. The molecule has 0 unspecified atom stereocenters. The van der Waals surface area contributed by atoms with Crippen molar-refractivity contribution in [2.24, 2.45) is 10.3 Å². The summed E-state index contributed by atoms with van der Waals surface area (Å²) in [6.45, 7) is 2.35. The Balaban J connectivity index is 2.72. The monoisotopic (exact) mass is 400 g/mol. The van der Waals surface area contributed by atoms with Crippen molar-refractivity contribution < 1.29 is 9.68 Å². The van der Waals surface area contributed by atoms with Gasteiger partial charge >= 0.3 is 0 Å². The van der Waals surface area contributed by atoms with E-state index in [1.54, 1.807) is 12.2 Å². The lowest BCUT2D eigenvalue weighted by molar-refractivity contribution is 0.162. The van der Waals surface area contributed by atoms with Gasteiger partial charge in [0.2, 0.25) is 0 Å². The van der Waals surface area contributed by atoms with Gasteiger partial charge in [0.1, 0.15) is 29.1 Å². The zero-order chi connectivity index (χ0) is 15.0. The van der Waals surface area contributed by atoms with Crippen molar-refractivity contribution in [3.05, 3.63) is 35.1 Å². The van der Waals surface area contributed by atoms with E-state index in [9.17, 15) is 0 Å². The summed E-state index contributed by atoms with van der Waals surface area (Å²) in [6, 6.07) is 0. The van der Waals surface area contributed by atoms with Crippen molar-refractivity contribution in [1.82, 2.24) is 0 Å². The minimum Gasteiger partial charge on any atom is -0.394 e. The zero-order valence-corrected chi connectivity index (χ0v) is 14.4. The molecule has 0 spiro atoms. The van der Waals surface area contributed by atoms with Crippen LogP contribution >= 0.6 is 50.7 Å². The summed E-state index contributed by atoms with van der Waals surface area (Å²) in [5, 5.41) is 8.93. The molecule has 0 radical (unpaired) electrons. The molecule has 0 aromatic heterocycles. The van der Waals surface area contributed by atoms with Crippen LogP contribution in [-0.4, -0.2) is 28.2 Å². The minimum atomic E-state index is -0.643. The maximum atomic E-state index is 6.08. The average molecular weight is 403 g/mol. The molecule has 0 fully saturated rings. The fraction of sp³-hybridized carbons (Fsp3) is 0.333. The molecule has 0 saturated heterocycles. The fourth-order valence-electron chi connectivity index (χ4n) is 1.16. The molecule has 20 heavy (non-hydrogen) atoms. The molecular weight excluding hydrogens is 390 g/mol. The number of halogens is 4. The van der Waals surface area contributed by atoms with E-state index in [2.05, 4.69) is 26.2 Å². The number of hydrogen-bond acceptors (Lipinski definition) is 4. The molecule has 1 rings (SSSR count). The van der Waals surface area contributed by atoms with Gasteiger partial charge in [-0.15, -0.1) is 23.2 Å². The van der Waals surface area contributed by atoms with Gasteiger partial charge in [0.25, 0.3) is 0 Å². The van der Waals surface area contributed by atoms with Crippen LogP contribution in [0.4, 0.5) is 0 Å². The smallest absolute Gasteiger partial charge is 0.129 e. The zero-order valence-electron chi connectivity index (χ0n) is 10.5. The third-order valence-electron chi connectivity index (χ3n) is 2.03. The van der Waals surface area contributed by atoms with Crippen molar-refractivity contribution in [1.29, 1.82) is 0 Å². The molecule has 0 aromatic rings. The first kappa shape index (κ1) is 17.6. The number of oxime groups is 2. The quantitative estimate of drug-likeness (QED) is 0.215. The highest BCUT2D eigenvalue weighted by atomic mass is 79.9. The first-order valence-corrected chi connectivity index (χ1v) is 7.92. The lowest BCUT2D eigenvalue weighted by Crippen LogP contribution is -2.10. The topological polar surface area (TPSA) is 43.2 Å². The summed E-state index contributed by atoms with van der Waals surface area (Å²) in [7, 11) is 0. The van der Waals surface area contributed by atoms with Crippen LogP contribution in [0.3, 0.4) is 0 Å². The minimum absolute atomic E-state index is 0.401. The van der Waals surface area contributed by atoms with E-state index in [0.29, 0.717) is 28.4 Å². The molecule has 1 aliphatic rings. The van der Waals surface area contributed by atoms with Crippen LogP contribution in [0.15, 0.2) is 45.4 Å². The van der Waals surface area contributed by atoms with Crippen LogP contribution < -0.4 is 0 Å². The van der Waals surface area contributed by atoms with Gasteiger partial charge in [-0.1, -0.05) is 37.8 Å². The van der Waals surface area contributed by atoms with Gasteiger partial charge in [-0.3, -0.25) is 0 Å². The Bertz CT molecular complexity index is 485. The third kappa shape index (κ3) is 6.31. The molecular formula is C12H12BrCl3N2O2. The second-order valence-electron chi connectivity index (χ2n) is 3.56. The van der Waals surface area contributed by atoms with Gasteiger partial charge in [0.05, 0.1) is 5.03 Å². The van der Waals surface area contributed by atoms with Crippen LogP contribution in [-0.2, 0) is 9.68 Å². The molecule has 0 aromatic carbocycles. The molecule has 1 aliphatic carbocycles. The van der Waals surface area contributed by atoms with E-state index in [1.165, 1.54) is 12.3 Å². The van der Waals surface area contributed by atoms with E-state index < -0.39 is 4.84 Å². The van der Waals surface area contributed by atoms with Crippen molar-refractivity contribution >= 4 is 62.2 Å². The van der Waals surface area contributed by atoms with Crippen molar-refractivity contribution in [3.8, 4) is 0 Å². The van der Waals surface area contributed by atoms with Gasteiger partial charge in [-0.05, 0) is 30.7 Å². The summed E-state index contributed by atoms with van der Waals surface area (Å²) in [5.74, 6) is 0. The first-order chi connectivity index (χ1) is 9.54. The fourth-order valence-corrected chi connectivity index (χ4v) is 1.61. The molecule has 4 nitrogen and oxygen atoms in total. The normalized spacial score (nSPS) is 19.7. The highest BCUT2D eigenvalue weighted by Crippen LogP contribution is 2.17. The molecule has 0 N–H and O–H groups in total. The molecule has 0 heterocycles. The van der Waals surface area contributed by atoms with Crippen LogP contribution in [0, 0.1) is 0 Å². The molecule has 8 heteroatoms. The highest BCUT2D eigenvalue weighted by Gasteiger charge is 2.14. The van der Waals surface area contributed by atoms with Gasteiger partial charge in [-0.25, -0.2) is 0 Å². The van der Waals surface area contributed by atoms with Crippen LogP contribution in [0.25, 0.3) is 0 Å². The summed E-state index contributed by atoms with van der Waals surface area (Å²) in [4.78, 5) is 9.37. The van der Waals surface area contributed by atoms with Crippen molar-refractivity contribution in [2.45, 2.75) is 11.8 Å². The summed E-state index contributed by atoms with van der Waals surface area (Å²) >= 11 is 20.3. The van der Waals surface area contributed by atoms with Crippen LogP contribution in [0.5, 0.6) is 0 Å². The second-order valence-corrected chi connectivity index (χ2v) is 5.93. The van der Waals surface area contributed by atoms with E-state index in [4.69, 9.17) is 44.5 Å². The lowest BCUT2D eigenvalue weighted by atomic mass is 10.0. The Morgan fingerprint density at radius 3 is 2.70 bits per heavy atom. The highest BCUT2D eigenvalue weighted by molar-refractivity contribution is 9.09. The Labute approximate surface area is 140 Å². The number of rotatable bonds is 6. The third-order valence-corrected chi connectivity index (χ3v) is 2.95. The SMILES string of the molecule is CC1=CC(=NOC=CC(Cl)Cl)C(Cl)=CC1=NOCCBr. The average Bonchev–Trinajstić information content (AvgIpc) is 2.39. The summed E-state index contributed by atoms with van der Waals surface area (Å²) in [5.41, 5.74) is 1.99. The van der Waals surface area contributed by atoms with Crippen molar-refractivity contribution in [3.63, 3.8) is 0 Å². The Hall–Kier alpha value is -0.490. The first-order valence-electron chi connectivity index (χ1n) is 5.55. The number of alkyl halides is 3. The second kappa shape index (κ2) is 9.45. The lowest BCUT2D eigenvalue weighted by Gasteiger charge is -2.10. The maximum absolute atomic E-state index is 6.08. The van der Waals surface area contributed by atoms with E-state index in [-0.39, 0.29) is 0 Å². The predicted molar refractivity (Wildman–Crippen MR) is 88.0 cm³/mol. The summed E-state index contributed by atoms with van der Waals surface area (Å²) in [6.07, 6.45) is 6.12. The van der Waals surface area contributed by atoms with E-state index in [1.807, 2.05) is 6.92 Å².